The summed E-state index contributed by atoms with van der Waals surface area (Å²) in [5.41, 5.74) is 1.08. The smallest absolute Gasteiger partial charge is 0.174 e. The van der Waals surface area contributed by atoms with Crippen LogP contribution in [0.1, 0.15) is 48.5 Å². The molecule has 0 bridgehead atoms. The zero-order valence-corrected chi connectivity index (χ0v) is 17.1. The molecule has 6 nitrogen and oxygen atoms in total. The molecule has 0 radical (unpaired) electrons. The van der Waals surface area contributed by atoms with Crippen LogP contribution >= 0.6 is 11.3 Å². The highest BCUT2D eigenvalue weighted by molar-refractivity contribution is 7.10. The van der Waals surface area contributed by atoms with Crippen LogP contribution in [-0.2, 0) is 0 Å². The second-order valence-corrected chi connectivity index (χ2v) is 8.82. The normalized spacial score (nSPS) is 19.7. The summed E-state index contributed by atoms with van der Waals surface area (Å²) >= 11 is 1.77. The molecule has 2 fully saturated rings. The standard InChI is InChI=1S/C21H25FN6S/c22-16-7-9-17(10-8-16)26-11-13-27(14-12-26)20(19-6-3-15-29-19)21-23-24-25-28(21)18-4-1-2-5-18/h3,6-10,15,18,20H,1-2,4-5,11-14H2/t20-/m1/s1. The van der Waals surface area contributed by atoms with Crippen molar-refractivity contribution >= 4 is 17.0 Å². The molecular formula is C21H25FN6S. The van der Waals surface area contributed by atoms with Gasteiger partial charge in [-0.05, 0) is 59.0 Å². The number of thiophene rings is 1. The largest absolute Gasteiger partial charge is 0.369 e. The second-order valence-electron chi connectivity index (χ2n) is 7.84. The Labute approximate surface area is 173 Å². The molecule has 1 atom stereocenters. The summed E-state index contributed by atoms with van der Waals surface area (Å²) in [5.74, 6) is 0.776. The van der Waals surface area contributed by atoms with E-state index in [0.29, 0.717) is 6.04 Å². The predicted octanol–water partition coefficient (Wildman–Crippen LogP) is 3.90. The van der Waals surface area contributed by atoms with E-state index in [2.05, 4.69) is 47.5 Å². The summed E-state index contributed by atoms with van der Waals surface area (Å²) in [6.45, 7) is 3.63. The monoisotopic (exact) mass is 412 g/mol. The number of anilines is 1. The molecule has 0 amide bonds. The van der Waals surface area contributed by atoms with Crippen molar-refractivity contribution in [1.29, 1.82) is 0 Å². The Hall–Kier alpha value is -2.32. The number of aromatic nitrogens is 4. The van der Waals surface area contributed by atoms with Crippen LogP contribution in [-0.4, -0.2) is 51.3 Å². The van der Waals surface area contributed by atoms with Gasteiger partial charge in [-0.15, -0.1) is 16.4 Å². The average Bonchev–Trinajstić information content (AvgIpc) is 3.52. The van der Waals surface area contributed by atoms with Crippen LogP contribution in [0.5, 0.6) is 0 Å². The third kappa shape index (κ3) is 3.79. The molecule has 0 spiro atoms. The quantitative estimate of drug-likeness (QED) is 0.636. The predicted molar refractivity (Wildman–Crippen MR) is 112 cm³/mol. The Balaban J connectivity index is 1.38. The molecule has 1 aliphatic heterocycles. The molecule has 5 rings (SSSR count). The van der Waals surface area contributed by atoms with Crippen molar-refractivity contribution in [3.63, 3.8) is 0 Å². The molecule has 8 heteroatoms. The van der Waals surface area contributed by atoms with Crippen molar-refractivity contribution in [2.45, 2.75) is 37.8 Å². The van der Waals surface area contributed by atoms with E-state index < -0.39 is 0 Å². The minimum absolute atomic E-state index is 0.0842. The summed E-state index contributed by atoms with van der Waals surface area (Å²) in [6.07, 6.45) is 4.83. The molecule has 2 aliphatic rings. The lowest BCUT2D eigenvalue weighted by molar-refractivity contribution is 0.200. The first-order chi connectivity index (χ1) is 14.3. The Morgan fingerprint density at radius 2 is 1.76 bits per heavy atom. The van der Waals surface area contributed by atoms with E-state index in [9.17, 15) is 4.39 Å². The molecule has 0 N–H and O–H groups in total. The molecule has 1 saturated carbocycles. The van der Waals surface area contributed by atoms with Gasteiger partial charge in [0.25, 0.3) is 0 Å². The molecule has 29 heavy (non-hydrogen) atoms. The minimum atomic E-state index is -0.191. The van der Waals surface area contributed by atoms with Crippen LogP contribution in [0, 0.1) is 5.82 Å². The Morgan fingerprint density at radius 1 is 1.00 bits per heavy atom. The van der Waals surface area contributed by atoms with E-state index in [4.69, 9.17) is 0 Å². The third-order valence-electron chi connectivity index (χ3n) is 6.12. The van der Waals surface area contributed by atoms with Gasteiger partial charge in [-0.3, -0.25) is 4.90 Å². The number of halogens is 1. The fourth-order valence-electron chi connectivity index (χ4n) is 4.60. The molecule has 2 aromatic heterocycles. The number of hydrogen-bond donors (Lipinski definition) is 0. The molecule has 152 valence electrons. The number of benzene rings is 1. The average molecular weight is 413 g/mol. The first-order valence-corrected chi connectivity index (χ1v) is 11.2. The van der Waals surface area contributed by atoms with Crippen molar-refractivity contribution in [2.24, 2.45) is 0 Å². The molecular weight excluding hydrogens is 387 g/mol. The van der Waals surface area contributed by atoms with E-state index >= 15 is 0 Å². The highest BCUT2D eigenvalue weighted by Crippen LogP contribution is 2.36. The van der Waals surface area contributed by atoms with E-state index in [1.165, 1.54) is 29.9 Å². The van der Waals surface area contributed by atoms with Gasteiger partial charge in [-0.1, -0.05) is 18.9 Å². The van der Waals surface area contributed by atoms with Crippen LogP contribution in [0.4, 0.5) is 10.1 Å². The SMILES string of the molecule is Fc1ccc(N2CCN([C@H](c3cccs3)c3nnnn3C3CCCC3)CC2)cc1. The van der Waals surface area contributed by atoms with Gasteiger partial charge < -0.3 is 4.90 Å². The topological polar surface area (TPSA) is 50.1 Å². The maximum Gasteiger partial charge on any atom is 0.174 e. The van der Waals surface area contributed by atoms with E-state index in [1.54, 1.807) is 11.3 Å². The van der Waals surface area contributed by atoms with Gasteiger partial charge in [0.2, 0.25) is 0 Å². The zero-order valence-electron chi connectivity index (χ0n) is 16.3. The van der Waals surface area contributed by atoms with Gasteiger partial charge >= 0.3 is 0 Å². The molecule has 3 heterocycles. The highest BCUT2D eigenvalue weighted by Gasteiger charge is 2.33. The fraction of sp³-hybridized carbons (Fsp3) is 0.476. The Morgan fingerprint density at radius 3 is 2.45 bits per heavy atom. The summed E-state index contributed by atoms with van der Waals surface area (Å²) in [6, 6.07) is 11.6. The van der Waals surface area contributed by atoms with Crippen molar-refractivity contribution < 1.29 is 4.39 Å². The maximum atomic E-state index is 13.3. The summed E-state index contributed by atoms with van der Waals surface area (Å²) in [4.78, 5) is 6.10. The number of rotatable bonds is 5. The molecule has 0 unspecified atom stereocenters. The second kappa shape index (κ2) is 8.20. The summed E-state index contributed by atoms with van der Waals surface area (Å²) < 4.78 is 15.3. The van der Waals surface area contributed by atoms with Crippen molar-refractivity contribution in [2.75, 3.05) is 31.1 Å². The first-order valence-electron chi connectivity index (χ1n) is 10.4. The van der Waals surface area contributed by atoms with Crippen molar-refractivity contribution in [1.82, 2.24) is 25.1 Å². The van der Waals surface area contributed by atoms with Crippen LogP contribution in [0.3, 0.4) is 0 Å². The lowest BCUT2D eigenvalue weighted by Gasteiger charge is -2.39. The number of nitrogens with zero attached hydrogens (tertiary/aromatic N) is 6. The third-order valence-corrected chi connectivity index (χ3v) is 7.04. The molecule has 1 saturated heterocycles. The summed E-state index contributed by atoms with van der Waals surface area (Å²) in [5, 5.41) is 15.1. The number of tetrazole rings is 1. The van der Waals surface area contributed by atoms with Crippen LogP contribution in [0.15, 0.2) is 41.8 Å². The van der Waals surface area contributed by atoms with Gasteiger partial charge in [0.05, 0.1) is 6.04 Å². The van der Waals surface area contributed by atoms with Gasteiger partial charge in [0.1, 0.15) is 11.9 Å². The van der Waals surface area contributed by atoms with Crippen molar-refractivity contribution in [3.8, 4) is 0 Å². The van der Waals surface area contributed by atoms with Crippen LogP contribution in [0.25, 0.3) is 0 Å². The summed E-state index contributed by atoms with van der Waals surface area (Å²) in [7, 11) is 0. The van der Waals surface area contributed by atoms with Crippen LogP contribution < -0.4 is 4.90 Å². The molecule has 3 aromatic rings. The van der Waals surface area contributed by atoms with Crippen molar-refractivity contribution in [3.05, 3.63) is 58.3 Å². The minimum Gasteiger partial charge on any atom is -0.369 e. The van der Waals surface area contributed by atoms with Gasteiger partial charge in [-0.25, -0.2) is 9.07 Å². The van der Waals surface area contributed by atoms with E-state index in [1.807, 2.05) is 12.1 Å². The fourth-order valence-corrected chi connectivity index (χ4v) is 5.45. The Kier molecular flexibility index (Phi) is 5.28. The van der Waals surface area contributed by atoms with E-state index in [-0.39, 0.29) is 11.9 Å². The lowest BCUT2D eigenvalue weighted by atomic mass is 10.1. The zero-order chi connectivity index (χ0) is 19.6. The van der Waals surface area contributed by atoms with Gasteiger partial charge in [-0.2, -0.15) is 0 Å². The molecule has 1 aliphatic carbocycles. The Bertz CT molecular complexity index is 911. The van der Waals surface area contributed by atoms with Gasteiger partial charge in [0.15, 0.2) is 5.82 Å². The van der Waals surface area contributed by atoms with Crippen LogP contribution in [0.2, 0.25) is 0 Å². The number of piperazine rings is 1. The number of hydrogen-bond acceptors (Lipinski definition) is 6. The lowest BCUT2D eigenvalue weighted by Crippen LogP contribution is -2.48. The van der Waals surface area contributed by atoms with Gasteiger partial charge in [0, 0.05) is 36.7 Å². The first kappa shape index (κ1) is 18.7. The molecule has 1 aromatic carbocycles. The van der Waals surface area contributed by atoms with E-state index in [0.717, 1.165) is 50.5 Å². The maximum absolute atomic E-state index is 13.3. The highest BCUT2D eigenvalue weighted by atomic mass is 32.1.